The number of nitrogens with two attached hydrogens (primary N) is 1. The smallest absolute Gasteiger partial charge is 0.0252 e. The third-order valence-electron chi connectivity index (χ3n) is 6.31. The summed E-state index contributed by atoms with van der Waals surface area (Å²) < 4.78 is 0. The van der Waals surface area contributed by atoms with E-state index in [-0.39, 0.29) is 0 Å². The highest BCUT2D eigenvalue weighted by Gasteiger charge is 2.42. The van der Waals surface area contributed by atoms with Gasteiger partial charge in [0, 0.05) is 18.1 Å². The number of nitrogens with zero attached hydrogens (tertiary/aromatic N) is 1. The van der Waals surface area contributed by atoms with E-state index < -0.39 is 0 Å². The molecule has 0 bridgehead atoms. The van der Waals surface area contributed by atoms with E-state index >= 15 is 0 Å². The number of hydrogen-bond donors (Lipinski definition) is 1. The fraction of sp³-hybridized carbons (Fsp3) is 1.00. The Morgan fingerprint density at radius 2 is 1.74 bits per heavy atom. The van der Waals surface area contributed by atoms with Gasteiger partial charge in [-0.2, -0.15) is 0 Å². The minimum absolute atomic E-state index is 0.439. The van der Waals surface area contributed by atoms with Gasteiger partial charge in [0.15, 0.2) is 0 Å². The van der Waals surface area contributed by atoms with Crippen LogP contribution in [0.15, 0.2) is 0 Å². The standard InChI is InChI=1S/C17H32N2/c1-12(2)14-8-9-15(18)17(11-14)19-10-4-6-13-5-3-7-16(13)19/h12-17H,3-11,18H2,1-2H3. The van der Waals surface area contributed by atoms with Crippen molar-refractivity contribution in [2.24, 2.45) is 23.5 Å². The minimum Gasteiger partial charge on any atom is -0.326 e. The molecule has 3 rings (SSSR count). The van der Waals surface area contributed by atoms with Crippen molar-refractivity contribution in [3.63, 3.8) is 0 Å². The van der Waals surface area contributed by atoms with Gasteiger partial charge in [-0.15, -0.1) is 0 Å². The second-order valence-corrected chi connectivity index (χ2v) is 7.69. The normalized spacial score (nSPS) is 44.5. The summed E-state index contributed by atoms with van der Waals surface area (Å²) in [4.78, 5) is 2.86. The van der Waals surface area contributed by atoms with Gasteiger partial charge >= 0.3 is 0 Å². The molecular weight excluding hydrogens is 232 g/mol. The zero-order chi connectivity index (χ0) is 13.4. The Bertz CT molecular complexity index is 302. The fourth-order valence-corrected chi connectivity index (χ4v) is 5.09. The topological polar surface area (TPSA) is 29.3 Å². The Hall–Kier alpha value is -0.0800. The lowest BCUT2D eigenvalue weighted by Crippen LogP contribution is -2.57. The summed E-state index contributed by atoms with van der Waals surface area (Å²) in [6.45, 7) is 6.12. The zero-order valence-corrected chi connectivity index (χ0v) is 12.9. The molecule has 0 aromatic carbocycles. The van der Waals surface area contributed by atoms with Crippen molar-refractivity contribution in [2.45, 2.75) is 83.3 Å². The molecule has 0 aromatic heterocycles. The second kappa shape index (κ2) is 5.73. The van der Waals surface area contributed by atoms with Crippen molar-refractivity contribution in [3.05, 3.63) is 0 Å². The van der Waals surface area contributed by atoms with E-state index in [9.17, 15) is 0 Å². The molecule has 2 aliphatic carbocycles. The van der Waals surface area contributed by atoms with E-state index in [0.717, 1.165) is 23.8 Å². The van der Waals surface area contributed by atoms with Crippen LogP contribution in [-0.2, 0) is 0 Å². The molecule has 2 heteroatoms. The molecule has 2 N–H and O–H groups in total. The molecule has 0 spiro atoms. The lowest BCUT2D eigenvalue weighted by Gasteiger charge is -2.48. The molecule has 1 heterocycles. The van der Waals surface area contributed by atoms with Crippen LogP contribution in [0.2, 0.25) is 0 Å². The summed E-state index contributed by atoms with van der Waals surface area (Å²) in [6, 6.07) is 2.01. The number of rotatable bonds is 2. The van der Waals surface area contributed by atoms with Gasteiger partial charge in [-0.05, 0) is 69.2 Å². The molecule has 5 atom stereocenters. The second-order valence-electron chi connectivity index (χ2n) is 7.69. The number of fused-ring (bicyclic) bond motifs is 1. The minimum atomic E-state index is 0.439. The zero-order valence-electron chi connectivity index (χ0n) is 12.9. The molecule has 19 heavy (non-hydrogen) atoms. The highest BCUT2D eigenvalue weighted by Crippen LogP contribution is 2.41. The third kappa shape index (κ3) is 2.71. The summed E-state index contributed by atoms with van der Waals surface area (Å²) in [7, 11) is 0. The number of piperidine rings is 1. The van der Waals surface area contributed by atoms with Gasteiger partial charge in [0.25, 0.3) is 0 Å². The van der Waals surface area contributed by atoms with E-state index in [0.29, 0.717) is 12.1 Å². The van der Waals surface area contributed by atoms with Gasteiger partial charge in [-0.25, -0.2) is 0 Å². The molecule has 110 valence electrons. The largest absolute Gasteiger partial charge is 0.326 e. The molecule has 2 nitrogen and oxygen atoms in total. The monoisotopic (exact) mass is 264 g/mol. The number of likely N-dealkylation sites (tertiary alicyclic amines) is 1. The first-order valence-electron chi connectivity index (χ1n) is 8.68. The van der Waals surface area contributed by atoms with Crippen LogP contribution in [0.3, 0.4) is 0 Å². The van der Waals surface area contributed by atoms with E-state index in [1.54, 1.807) is 0 Å². The van der Waals surface area contributed by atoms with Crippen LogP contribution in [0.25, 0.3) is 0 Å². The van der Waals surface area contributed by atoms with Crippen LogP contribution in [0.4, 0.5) is 0 Å². The summed E-state index contributed by atoms with van der Waals surface area (Å²) in [5.41, 5.74) is 6.51. The fourth-order valence-electron chi connectivity index (χ4n) is 5.09. The number of hydrogen-bond acceptors (Lipinski definition) is 2. The van der Waals surface area contributed by atoms with Crippen molar-refractivity contribution in [1.29, 1.82) is 0 Å². The molecule has 1 aliphatic heterocycles. The SMILES string of the molecule is CC(C)C1CCC(N)C(N2CCCC3CCCC32)C1. The van der Waals surface area contributed by atoms with Gasteiger partial charge in [-0.1, -0.05) is 20.3 Å². The molecule has 1 saturated heterocycles. The molecule has 2 saturated carbocycles. The maximum Gasteiger partial charge on any atom is 0.0252 e. The van der Waals surface area contributed by atoms with Crippen LogP contribution in [0.5, 0.6) is 0 Å². The Balaban J connectivity index is 1.71. The molecule has 3 aliphatic rings. The third-order valence-corrected chi connectivity index (χ3v) is 6.31. The Morgan fingerprint density at radius 3 is 2.53 bits per heavy atom. The van der Waals surface area contributed by atoms with Gasteiger partial charge in [0.2, 0.25) is 0 Å². The predicted molar refractivity (Wildman–Crippen MR) is 81.0 cm³/mol. The Labute approximate surface area is 119 Å². The molecular formula is C17H32N2. The first kappa shape index (κ1) is 13.9. The molecule has 5 unspecified atom stereocenters. The quantitative estimate of drug-likeness (QED) is 0.828. The van der Waals surface area contributed by atoms with Gasteiger partial charge in [0.05, 0.1) is 0 Å². The van der Waals surface area contributed by atoms with Gasteiger partial charge in [0.1, 0.15) is 0 Å². The van der Waals surface area contributed by atoms with Crippen LogP contribution in [0.1, 0.15) is 65.2 Å². The van der Waals surface area contributed by atoms with Crippen molar-refractivity contribution in [3.8, 4) is 0 Å². The van der Waals surface area contributed by atoms with Crippen molar-refractivity contribution in [1.82, 2.24) is 4.90 Å². The summed E-state index contributed by atoms with van der Waals surface area (Å²) >= 11 is 0. The van der Waals surface area contributed by atoms with E-state index in [2.05, 4.69) is 18.7 Å². The van der Waals surface area contributed by atoms with Crippen molar-refractivity contribution >= 4 is 0 Å². The molecule has 0 amide bonds. The highest BCUT2D eigenvalue weighted by atomic mass is 15.2. The maximum atomic E-state index is 6.51. The van der Waals surface area contributed by atoms with Gasteiger partial charge in [-0.3, -0.25) is 4.90 Å². The Morgan fingerprint density at radius 1 is 0.947 bits per heavy atom. The summed E-state index contributed by atoms with van der Waals surface area (Å²) in [5.74, 6) is 2.74. The Kier molecular flexibility index (Phi) is 4.19. The molecule has 0 aromatic rings. The highest BCUT2D eigenvalue weighted by molar-refractivity contribution is 4.97. The average Bonchev–Trinajstić information content (AvgIpc) is 2.87. The van der Waals surface area contributed by atoms with E-state index in [1.807, 2.05) is 0 Å². The van der Waals surface area contributed by atoms with Crippen LogP contribution in [0, 0.1) is 17.8 Å². The van der Waals surface area contributed by atoms with Crippen LogP contribution >= 0.6 is 0 Å². The van der Waals surface area contributed by atoms with Crippen LogP contribution < -0.4 is 5.73 Å². The van der Waals surface area contributed by atoms with Gasteiger partial charge < -0.3 is 5.73 Å². The van der Waals surface area contributed by atoms with E-state index in [1.165, 1.54) is 57.9 Å². The lowest BCUT2D eigenvalue weighted by atomic mass is 9.75. The first-order chi connectivity index (χ1) is 9.16. The maximum absolute atomic E-state index is 6.51. The lowest BCUT2D eigenvalue weighted by molar-refractivity contribution is 0.0217. The summed E-state index contributed by atoms with van der Waals surface area (Å²) in [6.07, 6.45) is 11.3. The molecule has 0 radical (unpaired) electrons. The molecule has 3 fully saturated rings. The van der Waals surface area contributed by atoms with Crippen molar-refractivity contribution < 1.29 is 0 Å². The van der Waals surface area contributed by atoms with Crippen molar-refractivity contribution in [2.75, 3.05) is 6.54 Å². The first-order valence-corrected chi connectivity index (χ1v) is 8.68. The average molecular weight is 264 g/mol. The van der Waals surface area contributed by atoms with E-state index in [4.69, 9.17) is 5.73 Å². The van der Waals surface area contributed by atoms with Crippen LogP contribution in [-0.4, -0.2) is 29.6 Å². The predicted octanol–water partition coefficient (Wildman–Crippen LogP) is 3.40. The summed E-state index contributed by atoms with van der Waals surface area (Å²) in [5, 5.41) is 0.